The first-order valence-corrected chi connectivity index (χ1v) is 17.0. The van der Waals surface area contributed by atoms with Crippen molar-refractivity contribution in [1.29, 1.82) is 0 Å². The molecular formula is C34H43N3O6S. The number of carbonyl (C=O) groups is 2. The lowest BCUT2D eigenvalue weighted by molar-refractivity contribution is -0.140. The Labute approximate surface area is 261 Å². The summed E-state index contributed by atoms with van der Waals surface area (Å²) >= 11 is 0. The standard InChI is InChI=1S/C34H43N3O6S/c1-4-43-30-20-18-29(19-21-30)37(44(3,40)41)25-33(38)36(24-27-14-11-17-31(22-27)42-2)32(23-26-12-7-5-8-13-26)34(39)35-28-15-9-6-10-16-28/h5,7-8,11-14,17-22,28,32H,4,6,9-10,15-16,23-25H2,1-3H3,(H,35,39)/t32-/m0/s1. The molecule has 4 rings (SSSR count). The zero-order valence-electron chi connectivity index (χ0n) is 25.8. The summed E-state index contributed by atoms with van der Waals surface area (Å²) in [5, 5.41) is 3.21. The highest BCUT2D eigenvalue weighted by Crippen LogP contribution is 2.24. The Morgan fingerprint density at radius 1 is 0.909 bits per heavy atom. The van der Waals surface area contributed by atoms with Crippen LogP contribution in [0.3, 0.4) is 0 Å². The molecule has 1 N–H and O–H groups in total. The van der Waals surface area contributed by atoms with E-state index < -0.39 is 28.5 Å². The first-order chi connectivity index (χ1) is 21.2. The summed E-state index contributed by atoms with van der Waals surface area (Å²) in [7, 11) is -2.29. The Bertz CT molecular complexity index is 1470. The molecule has 10 heteroatoms. The molecule has 3 aromatic carbocycles. The van der Waals surface area contributed by atoms with Crippen molar-refractivity contribution in [2.45, 2.75) is 64.1 Å². The molecule has 1 saturated carbocycles. The van der Waals surface area contributed by atoms with E-state index in [1.165, 1.54) is 4.90 Å². The van der Waals surface area contributed by atoms with Crippen molar-refractivity contribution in [2.24, 2.45) is 0 Å². The molecule has 0 radical (unpaired) electrons. The Kier molecular flexibility index (Phi) is 11.7. The van der Waals surface area contributed by atoms with Crippen molar-refractivity contribution in [3.8, 4) is 11.5 Å². The minimum atomic E-state index is -3.86. The third-order valence-electron chi connectivity index (χ3n) is 7.82. The van der Waals surface area contributed by atoms with Crippen molar-refractivity contribution < 1.29 is 27.5 Å². The predicted octanol–water partition coefficient (Wildman–Crippen LogP) is 4.95. The van der Waals surface area contributed by atoms with Gasteiger partial charge in [-0.3, -0.25) is 13.9 Å². The number of rotatable bonds is 14. The molecule has 0 aliphatic heterocycles. The molecule has 3 aromatic rings. The fourth-order valence-electron chi connectivity index (χ4n) is 5.55. The van der Waals surface area contributed by atoms with E-state index in [0.29, 0.717) is 23.8 Å². The lowest BCUT2D eigenvalue weighted by Gasteiger charge is -2.35. The molecule has 9 nitrogen and oxygen atoms in total. The van der Waals surface area contributed by atoms with E-state index in [2.05, 4.69) is 5.32 Å². The van der Waals surface area contributed by atoms with Crippen molar-refractivity contribution in [1.82, 2.24) is 10.2 Å². The fourth-order valence-corrected chi connectivity index (χ4v) is 6.40. The molecule has 0 bridgehead atoms. The highest BCUT2D eigenvalue weighted by molar-refractivity contribution is 7.92. The van der Waals surface area contributed by atoms with Crippen LogP contribution in [0, 0.1) is 0 Å². The number of benzene rings is 3. The monoisotopic (exact) mass is 621 g/mol. The third kappa shape index (κ3) is 9.22. The van der Waals surface area contributed by atoms with Gasteiger partial charge in [-0.15, -0.1) is 0 Å². The van der Waals surface area contributed by atoms with E-state index in [9.17, 15) is 18.0 Å². The van der Waals surface area contributed by atoms with Crippen LogP contribution in [0.15, 0.2) is 78.9 Å². The maximum Gasteiger partial charge on any atom is 0.244 e. The van der Waals surface area contributed by atoms with Gasteiger partial charge in [0.25, 0.3) is 0 Å². The van der Waals surface area contributed by atoms with Crippen molar-refractivity contribution in [3.63, 3.8) is 0 Å². The number of amides is 2. The van der Waals surface area contributed by atoms with E-state index in [1.54, 1.807) is 31.4 Å². The SMILES string of the molecule is CCOc1ccc(N(CC(=O)N(Cc2cccc(OC)c2)[C@@H](Cc2ccccc2)C(=O)NC2CCCCC2)S(C)(=O)=O)cc1. The quantitative estimate of drug-likeness (QED) is 0.273. The van der Waals surface area contributed by atoms with Gasteiger partial charge in [-0.2, -0.15) is 0 Å². The Morgan fingerprint density at radius 2 is 1.59 bits per heavy atom. The highest BCUT2D eigenvalue weighted by Gasteiger charge is 2.34. The second kappa shape index (κ2) is 15.6. The zero-order valence-corrected chi connectivity index (χ0v) is 26.6. The van der Waals surface area contributed by atoms with Crippen LogP contribution in [0.2, 0.25) is 0 Å². The van der Waals surface area contributed by atoms with E-state index >= 15 is 0 Å². The molecule has 44 heavy (non-hydrogen) atoms. The molecule has 1 fully saturated rings. The fraction of sp³-hybridized carbons (Fsp3) is 0.412. The molecule has 1 atom stereocenters. The average molecular weight is 622 g/mol. The summed E-state index contributed by atoms with van der Waals surface area (Å²) in [6, 6.07) is 22.6. The summed E-state index contributed by atoms with van der Waals surface area (Å²) in [6.45, 7) is 1.95. The van der Waals surface area contributed by atoms with Gasteiger partial charge >= 0.3 is 0 Å². The molecule has 0 heterocycles. The first-order valence-electron chi connectivity index (χ1n) is 15.1. The van der Waals surface area contributed by atoms with Crippen LogP contribution in [0.1, 0.15) is 50.2 Å². The van der Waals surface area contributed by atoms with Gasteiger partial charge in [0.15, 0.2) is 0 Å². The number of carbonyl (C=O) groups excluding carboxylic acids is 2. The summed E-state index contributed by atoms with van der Waals surface area (Å²) in [4.78, 5) is 29.9. The van der Waals surface area contributed by atoms with Gasteiger partial charge in [0.05, 0.1) is 25.7 Å². The van der Waals surface area contributed by atoms with Crippen LogP contribution in [0.4, 0.5) is 5.69 Å². The van der Waals surface area contributed by atoms with Crippen LogP contribution >= 0.6 is 0 Å². The van der Waals surface area contributed by atoms with Crippen LogP contribution < -0.4 is 19.1 Å². The normalized spacial score (nSPS) is 14.3. The summed E-state index contributed by atoms with van der Waals surface area (Å²) in [5.41, 5.74) is 1.98. The van der Waals surface area contributed by atoms with Crippen molar-refractivity contribution >= 4 is 27.5 Å². The average Bonchev–Trinajstić information content (AvgIpc) is 3.02. The molecule has 0 saturated heterocycles. The van der Waals surface area contributed by atoms with Crippen molar-refractivity contribution in [3.05, 3.63) is 90.0 Å². The number of methoxy groups -OCH3 is 1. The van der Waals surface area contributed by atoms with Crippen LogP contribution in [-0.2, 0) is 32.6 Å². The maximum atomic E-state index is 14.3. The summed E-state index contributed by atoms with van der Waals surface area (Å²) < 4.78 is 38.1. The van der Waals surface area contributed by atoms with E-state index in [1.807, 2.05) is 61.5 Å². The topological polar surface area (TPSA) is 105 Å². The number of nitrogens with one attached hydrogen (secondary N) is 1. The molecule has 1 aliphatic rings. The number of nitrogens with zero attached hydrogens (tertiary/aromatic N) is 2. The minimum absolute atomic E-state index is 0.0414. The van der Waals surface area contributed by atoms with E-state index in [-0.39, 0.29) is 24.9 Å². The van der Waals surface area contributed by atoms with Gasteiger partial charge in [0, 0.05) is 19.0 Å². The largest absolute Gasteiger partial charge is 0.497 e. The van der Waals surface area contributed by atoms with Gasteiger partial charge in [0.1, 0.15) is 24.1 Å². The first kappa shape index (κ1) is 32.9. The lowest BCUT2D eigenvalue weighted by atomic mass is 9.94. The molecule has 236 valence electrons. The molecule has 0 unspecified atom stereocenters. The Morgan fingerprint density at radius 3 is 2.23 bits per heavy atom. The maximum absolute atomic E-state index is 14.3. The van der Waals surface area contributed by atoms with Gasteiger partial charge in [-0.25, -0.2) is 8.42 Å². The predicted molar refractivity (Wildman–Crippen MR) is 172 cm³/mol. The number of hydrogen-bond donors (Lipinski definition) is 1. The van der Waals surface area contributed by atoms with Gasteiger partial charge in [0.2, 0.25) is 21.8 Å². The third-order valence-corrected chi connectivity index (χ3v) is 8.97. The van der Waals surface area contributed by atoms with Crippen LogP contribution in [-0.4, -0.2) is 63.7 Å². The summed E-state index contributed by atoms with van der Waals surface area (Å²) in [5.74, 6) is 0.474. The highest BCUT2D eigenvalue weighted by atomic mass is 32.2. The Hall–Kier alpha value is -4.05. The van der Waals surface area contributed by atoms with Gasteiger partial charge in [-0.05, 0) is 67.3 Å². The number of hydrogen-bond acceptors (Lipinski definition) is 6. The van der Waals surface area contributed by atoms with Gasteiger partial charge < -0.3 is 19.7 Å². The number of anilines is 1. The lowest BCUT2D eigenvalue weighted by Crippen LogP contribution is -2.55. The smallest absolute Gasteiger partial charge is 0.244 e. The summed E-state index contributed by atoms with van der Waals surface area (Å²) in [6.07, 6.45) is 6.38. The Balaban J connectivity index is 1.71. The van der Waals surface area contributed by atoms with Gasteiger partial charge in [-0.1, -0.05) is 61.7 Å². The van der Waals surface area contributed by atoms with E-state index in [0.717, 1.165) is 53.8 Å². The van der Waals surface area contributed by atoms with Crippen LogP contribution in [0.5, 0.6) is 11.5 Å². The second-order valence-electron chi connectivity index (χ2n) is 11.1. The number of sulfonamides is 1. The van der Waals surface area contributed by atoms with Crippen LogP contribution in [0.25, 0.3) is 0 Å². The molecule has 0 spiro atoms. The number of ether oxygens (including phenoxy) is 2. The van der Waals surface area contributed by atoms with E-state index in [4.69, 9.17) is 9.47 Å². The second-order valence-corrected chi connectivity index (χ2v) is 13.0. The molecular weight excluding hydrogens is 578 g/mol. The molecule has 1 aliphatic carbocycles. The molecule has 0 aromatic heterocycles. The molecule has 2 amide bonds. The minimum Gasteiger partial charge on any atom is -0.497 e. The zero-order chi connectivity index (χ0) is 31.5. The van der Waals surface area contributed by atoms with Crippen molar-refractivity contribution in [2.75, 3.05) is 30.8 Å².